The highest BCUT2D eigenvalue weighted by molar-refractivity contribution is 6.30. The zero-order valence-electron chi connectivity index (χ0n) is 16.4. The van der Waals surface area contributed by atoms with Crippen molar-refractivity contribution in [3.05, 3.63) is 65.9 Å². The van der Waals surface area contributed by atoms with Gasteiger partial charge in [0, 0.05) is 22.1 Å². The number of hydrogen-bond donors (Lipinski definition) is 3. The van der Waals surface area contributed by atoms with E-state index in [4.69, 9.17) is 16.3 Å². The van der Waals surface area contributed by atoms with E-state index in [1.165, 1.54) is 6.33 Å². The van der Waals surface area contributed by atoms with Crippen LogP contribution in [0, 0.1) is 0 Å². The standard InChI is InChI=1S/C22H20ClN5O2/c1-13(2)30-22(29)27-16-8-6-14(7-9-16)19-11-18-20(24-12-25-21(18)28-19)26-17-5-3-4-15(23)10-17/h3-13H,1-2H3,(H,27,29)(H2,24,25,26,28). The van der Waals surface area contributed by atoms with Gasteiger partial charge in [0.05, 0.1) is 11.5 Å². The minimum atomic E-state index is -0.477. The van der Waals surface area contributed by atoms with Crippen molar-refractivity contribution in [2.24, 2.45) is 0 Å². The summed E-state index contributed by atoms with van der Waals surface area (Å²) < 4.78 is 5.09. The highest BCUT2D eigenvalue weighted by Crippen LogP contribution is 2.29. The molecule has 0 unspecified atom stereocenters. The van der Waals surface area contributed by atoms with Crippen LogP contribution in [-0.2, 0) is 4.74 Å². The Morgan fingerprint density at radius 2 is 1.87 bits per heavy atom. The molecule has 2 aromatic heterocycles. The molecular weight excluding hydrogens is 402 g/mol. The number of amides is 1. The van der Waals surface area contributed by atoms with Crippen molar-refractivity contribution in [1.29, 1.82) is 0 Å². The average molecular weight is 422 g/mol. The fourth-order valence-corrected chi connectivity index (χ4v) is 3.18. The van der Waals surface area contributed by atoms with E-state index in [9.17, 15) is 4.79 Å². The number of fused-ring (bicyclic) bond motifs is 1. The molecule has 3 N–H and O–H groups in total. The summed E-state index contributed by atoms with van der Waals surface area (Å²) in [7, 11) is 0. The molecule has 0 aliphatic heterocycles. The number of nitrogens with zero attached hydrogens (tertiary/aromatic N) is 2. The van der Waals surface area contributed by atoms with E-state index < -0.39 is 6.09 Å². The molecule has 0 aliphatic rings. The van der Waals surface area contributed by atoms with Gasteiger partial charge < -0.3 is 15.0 Å². The van der Waals surface area contributed by atoms with Crippen molar-refractivity contribution in [2.75, 3.05) is 10.6 Å². The number of hydrogen-bond acceptors (Lipinski definition) is 5. The first-order chi connectivity index (χ1) is 14.5. The molecule has 2 heterocycles. The van der Waals surface area contributed by atoms with Gasteiger partial charge in [-0.2, -0.15) is 0 Å². The van der Waals surface area contributed by atoms with E-state index in [2.05, 4.69) is 25.6 Å². The number of benzene rings is 2. The molecule has 4 rings (SSSR count). The lowest BCUT2D eigenvalue weighted by Crippen LogP contribution is -2.17. The van der Waals surface area contributed by atoms with E-state index >= 15 is 0 Å². The molecule has 0 saturated heterocycles. The number of halogens is 1. The van der Waals surface area contributed by atoms with Crippen LogP contribution in [0.5, 0.6) is 0 Å². The van der Waals surface area contributed by atoms with Gasteiger partial charge in [-0.05, 0) is 55.8 Å². The van der Waals surface area contributed by atoms with Crippen molar-refractivity contribution in [1.82, 2.24) is 15.0 Å². The molecule has 0 atom stereocenters. The van der Waals surface area contributed by atoms with Gasteiger partial charge in [-0.3, -0.25) is 5.32 Å². The van der Waals surface area contributed by atoms with Crippen LogP contribution in [0.1, 0.15) is 13.8 Å². The van der Waals surface area contributed by atoms with Gasteiger partial charge in [0.1, 0.15) is 17.8 Å². The van der Waals surface area contributed by atoms with Crippen molar-refractivity contribution in [2.45, 2.75) is 20.0 Å². The van der Waals surface area contributed by atoms with Gasteiger partial charge >= 0.3 is 6.09 Å². The van der Waals surface area contributed by atoms with Crippen LogP contribution < -0.4 is 10.6 Å². The minimum absolute atomic E-state index is 0.175. The zero-order chi connectivity index (χ0) is 21.1. The van der Waals surface area contributed by atoms with Crippen molar-refractivity contribution in [3.8, 4) is 11.3 Å². The maximum atomic E-state index is 11.7. The molecule has 0 bridgehead atoms. The SMILES string of the molecule is CC(C)OC(=O)Nc1ccc(-c2cc3c(Nc4cccc(Cl)c4)ncnc3[nH]2)cc1. The maximum Gasteiger partial charge on any atom is 0.411 e. The summed E-state index contributed by atoms with van der Waals surface area (Å²) >= 11 is 6.07. The lowest BCUT2D eigenvalue weighted by molar-refractivity contribution is 0.130. The zero-order valence-corrected chi connectivity index (χ0v) is 17.2. The summed E-state index contributed by atoms with van der Waals surface area (Å²) in [4.78, 5) is 23.7. The fourth-order valence-electron chi connectivity index (χ4n) is 2.99. The largest absolute Gasteiger partial charge is 0.447 e. The Bertz CT molecular complexity index is 1190. The summed E-state index contributed by atoms with van der Waals surface area (Å²) in [6.07, 6.45) is 0.852. The van der Waals surface area contributed by atoms with E-state index in [1.54, 1.807) is 13.8 Å². The molecule has 30 heavy (non-hydrogen) atoms. The van der Waals surface area contributed by atoms with Crippen LogP contribution in [0.3, 0.4) is 0 Å². The highest BCUT2D eigenvalue weighted by Gasteiger charge is 2.11. The number of H-pyrrole nitrogens is 1. The Balaban J connectivity index is 1.57. The van der Waals surface area contributed by atoms with Gasteiger partial charge in [-0.25, -0.2) is 14.8 Å². The van der Waals surface area contributed by atoms with Crippen molar-refractivity contribution < 1.29 is 9.53 Å². The van der Waals surface area contributed by atoms with Crippen LogP contribution in [0.25, 0.3) is 22.3 Å². The maximum absolute atomic E-state index is 11.7. The molecule has 8 heteroatoms. The van der Waals surface area contributed by atoms with E-state index in [-0.39, 0.29) is 6.10 Å². The van der Waals surface area contributed by atoms with Crippen LogP contribution >= 0.6 is 11.6 Å². The monoisotopic (exact) mass is 421 g/mol. The number of anilines is 3. The second-order valence-electron chi connectivity index (χ2n) is 6.96. The van der Waals surface area contributed by atoms with Crippen LogP contribution in [-0.4, -0.2) is 27.1 Å². The molecule has 1 amide bonds. The summed E-state index contributed by atoms with van der Waals surface area (Å²) in [5.41, 5.74) is 4.05. The van der Waals surface area contributed by atoms with Gasteiger partial charge in [0.15, 0.2) is 0 Å². The van der Waals surface area contributed by atoms with Crippen LogP contribution in [0.15, 0.2) is 60.9 Å². The van der Waals surface area contributed by atoms with Gasteiger partial charge in [0.2, 0.25) is 0 Å². The fraction of sp³-hybridized carbons (Fsp3) is 0.136. The molecule has 0 fully saturated rings. The second-order valence-corrected chi connectivity index (χ2v) is 7.40. The molecule has 0 radical (unpaired) electrons. The summed E-state index contributed by atoms with van der Waals surface area (Å²) in [6.45, 7) is 3.61. The molecule has 0 aliphatic carbocycles. The van der Waals surface area contributed by atoms with Gasteiger partial charge in [-0.15, -0.1) is 0 Å². The van der Waals surface area contributed by atoms with Crippen molar-refractivity contribution >= 4 is 45.9 Å². The number of aromatic nitrogens is 3. The Kier molecular flexibility index (Phi) is 5.54. The number of ether oxygens (including phenoxy) is 1. The third kappa shape index (κ3) is 4.52. The number of aromatic amines is 1. The van der Waals surface area contributed by atoms with Crippen LogP contribution in [0.4, 0.5) is 22.0 Å². The quantitative estimate of drug-likeness (QED) is 0.368. The number of carbonyl (C=O) groups is 1. The van der Waals surface area contributed by atoms with E-state index in [0.717, 1.165) is 22.3 Å². The lowest BCUT2D eigenvalue weighted by Gasteiger charge is -2.09. The number of rotatable bonds is 5. The molecule has 2 aromatic carbocycles. The predicted octanol–water partition coefficient (Wildman–Crippen LogP) is 5.98. The van der Waals surface area contributed by atoms with Crippen LogP contribution in [0.2, 0.25) is 5.02 Å². The average Bonchev–Trinajstić information content (AvgIpc) is 3.13. The second kappa shape index (κ2) is 8.42. The summed E-state index contributed by atoms with van der Waals surface area (Å²) in [5, 5.41) is 7.49. The van der Waals surface area contributed by atoms with Gasteiger partial charge in [-0.1, -0.05) is 29.8 Å². The first-order valence-corrected chi connectivity index (χ1v) is 9.80. The van der Waals surface area contributed by atoms with Gasteiger partial charge in [0.25, 0.3) is 0 Å². The Morgan fingerprint density at radius 3 is 2.60 bits per heavy atom. The molecule has 0 saturated carbocycles. The minimum Gasteiger partial charge on any atom is -0.447 e. The molecule has 152 valence electrons. The lowest BCUT2D eigenvalue weighted by atomic mass is 10.1. The third-order valence-corrected chi connectivity index (χ3v) is 4.53. The molecular formula is C22H20ClN5O2. The third-order valence-electron chi connectivity index (χ3n) is 4.30. The summed E-state index contributed by atoms with van der Waals surface area (Å²) in [6, 6.07) is 16.9. The molecule has 4 aromatic rings. The first kappa shape index (κ1) is 19.7. The van der Waals surface area contributed by atoms with E-state index in [0.29, 0.717) is 22.2 Å². The number of nitrogens with one attached hydrogen (secondary N) is 3. The normalized spacial score (nSPS) is 10.9. The number of carbonyl (C=O) groups excluding carboxylic acids is 1. The first-order valence-electron chi connectivity index (χ1n) is 9.42. The predicted molar refractivity (Wildman–Crippen MR) is 119 cm³/mol. The molecule has 7 nitrogen and oxygen atoms in total. The Labute approximate surface area is 178 Å². The summed E-state index contributed by atoms with van der Waals surface area (Å²) in [5.74, 6) is 0.680. The van der Waals surface area contributed by atoms with Crippen molar-refractivity contribution in [3.63, 3.8) is 0 Å². The smallest absolute Gasteiger partial charge is 0.411 e. The highest BCUT2D eigenvalue weighted by atomic mass is 35.5. The molecule has 0 spiro atoms. The van der Waals surface area contributed by atoms with E-state index in [1.807, 2.05) is 54.6 Å². The Morgan fingerprint density at radius 1 is 1.07 bits per heavy atom. The Hall–Kier alpha value is -3.58. The topological polar surface area (TPSA) is 91.9 Å².